The topological polar surface area (TPSA) is 80.3 Å². The Kier molecular flexibility index (Phi) is 5.96. The van der Waals surface area contributed by atoms with Crippen LogP contribution in [-0.2, 0) is 6.54 Å². The Balaban J connectivity index is 2.14. The second-order valence-corrected chi connectivity index (χ2v) is 5.04. The number of hydrogen-bond acceptors (Lipinski definition) is 5. The molecule has 2 rings (SSSR count). The molecular weight excluding hydrogens is 296 g/mol. The molecule has 0 aliphatic carbocycles. The third kappa shape index (κ3) is 4.45. The van der Waals surface area contributed by atoms with Crippen molar-refractivity contribution in [1.82, 2.24) is 20.1 Å². The lowest BCUT2D eigenvalue weighted by Gasteiger charge is -2.17. The van der Waals surface area contributed by atoms with Crippen molar-refractivity contribution in [3.05, 3.63) is 35.9 Å². The first-order valence-electron chi connectivity index (χ1n) is 7.65. The molecule has 0 aliphatic rings. The number of H-pyrrole nitrogens is 1. The van der Waals surface area contributed by atoms with Crippen LogP contribution in [-0.4, -0.2) is 46.2 Å². The van der Waals surface area contributed by atoms with Gasteiger partial charge in [0, 0.05) is 12.6 Å². The number of rotatable bonds is 8. The normalized spacial score (nSPS) is 10.4. The average molecular weight is 318 g/mol. The van der Waals surface area contributed by atoms with E-state index in [-0.39, 0.29) is 5.91 Å². The molecule has 0 fully saturated rings. The second kappa shape index (κ2) is 8.17. The zero-order valence-electron chi connectivity index (χ0n) is 13.7. The van der Waals surface area contributed by atoms with Gasteiger partial charge in [-0.3, -0.25) is 9.89 Å². The summed E-state index contributed by atoms with van der Waals surface area (Å²) in [7, 11) is 1.71. The SMILES string of the molecule is CCCOc1ccc(C(=O)N(C)Cc2ncn[nH]2)cc1OCC. The molecule has 7 heteroatoms. The molecular formula is C16H22N4O3. The van der Waals surface area contributed by atoms with Crippen LogP contribution in [0.5, 0.6) is 11.5 Å². The van der Waals surface area contributed by atoms with E-state index in [1.54, 1.807) is 30.1 Å². The van der Waals surface area contributed by atoms with Crippen LogP contribution in [0.25, 0.3) is 0 Å². The van der Waals surface area contributed by atoms with E-state index in [2.05, 4.69) is 15.2 Å². The summed E-state index contributed by atoms with van der Waals surface area (Å²) in [5.74, 6) is 1.75. The molecule has 0 atom stereocenters. The first-order chi connectivity index (χ1) is 11.2. The minimum atomic E-state index is -0.121. The van der Waals surface area contributed by atoms with Gasteiger partial charge in [-0.05, 0) is 31.5 Å². The van der Waals surface area contributed by atoms with E-state index in [1.165, 1.54) is 6.33 Å². The van der Waals surface area contributed by atoms with Gasteiger partial charge in [0.2, 0.25) is 0 Å². The highest BCUT2D eigenvalue weighted by Gasteiger charge is 2.16. The summed E-state index contributed by atoms with van der Waals surface area (Å²) < 4.78 is 11.2. The number of carbonyl (C=O) groups excluding carboxylic acids is 1. The van der Waals surface area contributed by atoms with E-state index < -0.39 is 0 Å². The van der Waals surface area contributed by atoms with Gasteiger partial charge in [-0.25, -0.2) is 4.98 Å². The van der Waals surface area contributed by atoms with Gasteiger partial charge in [-0.2, -0.15) is 5.10 Å². The number of ether oxygens (including phenoxy) is 2. The van der Waals surface area contributed by atoms with Gasteiger partial charge in [0.1, 0.15) is 12.2 Å². The van der Waals surface area contributed by atoms with E-state index in [0.29, 0.717) is 42.6 Å². The Morgan fingerprint density at radius 3 is 2.74 bits per heavy atom. The molecule has 1 aromatic heterocycles. The van der Waals surface area contributed by atoms with E-state index in [4.69, 9.17) is 9.47 Å². The van der Waals surface area contributed by atoms with Crippen molar-refractivity contribution in [2.75, 3.05) is 20.3 Å². The van der Waals surface area contributed by atoms with E-state index in [9.17, 15) is 4.79 Å². The largest absolute Gasteiger partial charge is 0.490 e. The standard InChI is InChI=1S/C16H22N4O3/c1-4-8-23-13-7-6-12(9-14(13)22-5-2)16(21)20(3)10-15-17-11-18-19-15/h6-7,9,11H,4-5,8,10H2,1-3H3,(H,17,18,19). The summed E-state index contributed by atoms with van der Waals surface area (Å²) in [5.41, 5.74) is 0.541. The lowest BCUT2D eigenvalue weighted by Crippen LogP contribution is -2.26. The Bertz CT molecular complexity index is 628. The highest BCUT2D eigenvalue weighted by Crippen LogP contribution is 2.29. The summed E-state index contributed by atoms with van der Waals surface area (Å²) in [5, 5.41) is 6.51. The zero-order valence-corrected chi connectivity index (χ0v) is 13.7. The lowest BCUT2D eigenvalue weighted by atomic mass is 10.1. The quantitative estimate of drug-likeness (QED) is 0.807. The summed E-state index contributed by atoms with van der Waals surface area (Å²) >= 11 is 0. The maximum absolute atomic E-state index is 12.5. The fourth-order valence-corrected chi connectivity index (χ4v) is 2.06. The van der Waals surface area contributed by atoms with Gasteiger partial charge in [0.05, 0.1) is 19.8 Å². The monoisotopic (exact) mass is 318 g/mol. The van der Waals surface area contributed by atoms with Crippen molar-refractivity contribution in [1.29, 1.82) is 0 Å². The van der Waals surface area contributed by atoms with Crippen LogP contribution in [0, 0.1) is 0 Å². The van der Waals surface area contributed by atoms with E-state index in [0.717, 1.165) is 6.42 Å². The molecule has 1 amide bonds. The fraction of sp³-hybridized carbons (Fsp3) is 0.438. The molecule has 0 saturated carbocycles. The molecule has 0 spiro atoms. The molecule has 1 aromatic carbocycles. The van der Waals surface area contributed by atoms with Gasteiger partial charge in [0.25, 0.3) is 5.91 Å². The van der Waals surface area contributed by atoms with Crippen molar-refractivity contribution in [3.63, 3.8) is 0 Å². The number of nitrogens with zero attached hydrogens (tertiary/aromatic N) is 3. The number of nitrogens with one attached hydrogen (secondary N) is 1. The predicted molar refractivity (Wildman–Crippen MR) is 85.6 cm³/mol. The van der Waals surface area contributed by atoms with Gasteiger partial charge >= 0.3 is 0 Å². The molecule has 1 heterocycles. The van der Waals surface area contributed by atoms with Gasteiger partial charge < -0.3 is 14.4 Å². The van der Waals surface area contributed by atoms with Crippen LogP contribution in [0.2, 0.25) is 0 Å². The third-order valence-corrected chi connectivity index (χ3v) is 3.15. The summed E-state index contributed by atoms with van der Waals surface area (Å²) in [6, 6.07) is 5.23. The van der Waals surface area contributed by atoms with Crippen molar-refractivity contribution in [3.8, 4) is 11.5 Å². The highest BCUT2D eigenvalue weighted by molar-refractivity contribution is 5.94. The van der Waals surface area contributed by atoms with Crippen molar-refractivity contribution in [2.45, 2.75) is 26.8 Å². The molecule has 7 nitrogen and oxygen atoms in total. The maximum atomic E-state index is 12.5. The molecule has 23 heavy (non-hydrogen) atoms. The summed E-state index contributed by atoms with van der Waals surface area (Å²) in [4.78, 5) is 18.1. The molecule has 124 valence electrons. The molecule has 0 unspecified atom stereocenters. The molecule has 0 bridgehead atoms. The van der Waals surface area contributed by atoms with Gasteiger partial charge in [0.15, 0.2) is 11.5 Å². The number of hydrogen-bond donors (Lipinski definition) is 1. The Hall–Kier alpha value is -2.57. The number of carbonyl (C=O) groups is 1. The molecule has 0 saturated heterocycles. The number of aromatic amines is 1. The van der Waals surface area contributed by atoms with Gasteiger partial charge in [-0.15, -0.1) is 0 Å². The number of aromatic nitrogens is 3. The van der Waals surface area contributed by atoms with Crippen LogP contribution in [0.4, 0.5) is 0 Å². The minimum absolute atomic E-state index is 0.121. The minimum Gasteiger partial charge on any atom is -0.490 e. The third-order valence-electron chi connectivity index (χ3n) is 3.15. The molecule has 0 aliphatic heterocycles. The second-order valence-electron chi connectivity index (χ2n) is 5.04. The molecule has 1 N–H and O–H groups in total. The molecule has 2 aromatic rings. The van der Waals surface area contributed by atoms with Crippen LogP contribution in [0.1, 0.15) is 36.5 Å². The highest BCUT2D eigenvalue weighted by atomic mass is 16.5. The van der Waals surface area contributed by atoms with Crippen molar-refractivity contribution in [2.24, 2.45) is 0 Å². The smallest absolute Gasteiger partial charge is 0.254 e. The Morgan fingerprint density at radius 1 is 1.26 bits per heavy atom. The van der Waals surface area contributed by atoms with Crippen LogP contribution < -0.4 is 9.47 Å². The number of benzene rings is 1. The first kappa shape index (κ1) is 16.8. The Morgan fingerprint density at radius 2 is 2.09 bits per heavy atom. The van der Waals surface area contributed by atoms with Gasteiger partial charge in [-0.1, -0.05) is 6.92 Å². The van der Waals surface area contributed by atoms with Crippen molar-refractivity contribution >= 4 is 5.91 Å². The fourth-order valence-electron chi connectivity index (χ4n) is 2.06. The van der Waals surface area contributed by atoms with Crippen LogP contribution in [0.3, 0.4) is 0 Å². The van der Waals surface area contributed by atoms with Crippen LogP contribution >= 0.6 is 0 Å². The van der Waals surface area contributed by atoms with E-state index in [1.807, 2.05) is 13.8 Å². The lowest BCUT2D eigenvalue weighted by molar-refractivity contribution is 0.0781. The molecule has 0 radical (unpaired) electrons. The predicted octanol–water partition coefficient (Wildman–Crippen LogP) is 2.26. The van der Waals surface area contributed by atoms with Crippen LogP contribution in [0.15, 0.2) is 24.5 Å². The summed E-state index contributed by atoms with van der Waals surface area (Å²) in [6.45, 7) is 5.41. The average Bonchev–Trinajstić information content (AvgIpc) is 3.06. The number of amides is 1. The first-order valence-corrected chi connectivity index (χ1v) is 7.65. The Labute approximate surface area is 135 Å². The maximum Gasteiger partial charge on any atom is 0.254 e. The summed E-state index contributed by atoms with van der Waals surface area (Å²) in [6.07, 6.45) is 2.33. The van der Waals surface area contributed by atoms with E-state index >= 15 is 0 Å². The zero-order chi connectivity index (χ0) is 16.7. The van der Waals surface area contributed by atoms with Crippen molar-refractivity contribution < 1.29 is 14.3 Å².